The Labute approximate surface area is 122 Å². The van der Waals surface area contributed by atoms with Gasteiger partial charge in [0.25, 0.3) is 5.91 Å². The first-order chi connectivity index (χ1) is 10.0. The van der Waals surface area contributed by atoms with Crippen LogP contribution < -0.4 is 15.8 Å². The topological polar surface area (TPSA) is 64.3 Å². The summed E-state index contributed by atoms with van der Waals surface area (Å²) in [5.74, 6) is -0.0948. The Morgan fingerprint density at radius 3 is 2.71 bits per heavy atom. The Hall–Kier alpha value is -2.56. The van der Waals surface area contributed by atoms with Gasteiger partial charge in [-0.3, -0.25) is 4.79 Å². The summed E-state index contributed by atoms with van der Waals surface area (Å²) < 4.78 is 18.1. The SMILES string of the molecule is COc1cccc(C(C)NC(=O)c2ccc(F)cc2N)c1. The van der Waals surface area contributed by atoms with Gasteiger partial charge in [-0.05, 0) is 42.8 Å². The third kappa shape index (κ3) is 3.51. The van der Waals surface area contributed by atoms with Crippen molar-refractivity contribution in [3.8, 4) is 5.75 Å². The molecule has 0 fully saturated rings. The van der Waals surface area contributed by atoms with Gasteiger partial charge in [0.1, 0.15) is 11.6 Å². The third-order valence-electron chi connectivity index (χ3n) is 3.20. The maximum atomic E-state index is 13.0. The minimum atomic E-state index is -0.468. The zero-order chi connectivity index (χ0) is 15.4. The molecule has 0 aliphatic rings. The summed E-state index contributed by atoms with van der Waals surface area (Å²) in [7, 11) is 1.58. The lowest BCUT2D eigenvalue weighted by Gasteiger charge is -2.16. The number of amides is 1. The molecule has 1 atom stereocenters. The van der Waals surface area contributed by atoms with E-state index in [1.165, 1.54) is 12.1 Å². The number of nitrogen functional groups attached to an aromatic ring is 1. The number of nitrogens with two attached hydrogens (primary N) is 1. The quantitative estimate of drug-likeness (QED) is 0.850. The van der Waals surface area contributed by atoms with Gasteiger partial charge in [0, 0.05) is 5.69 Å². The smallest absolute Gasteiger partial charge is 0.253 e. The van der Waals surface area contributed by atoms with Crippen LogP contribution in [0.3, 0.4) is 0 Å². The number of carbonyl (C=O) groups is 1. The highest BCUT2D eigenvalue weighted by atomic mass is 19.1. The average molecular weight is 288 g/mol. The van der Waals surface area contributed by atoms with E-state index in [0.717, 1.165) is 17.4 Å². The molecule has 2 rings (SSSR count). The van der Waals surface area contributed by atoms with Gasteiger partial charge in [-0.1, -0.05) is 12.1 Å². The van der Waals surface area contributed by atoms with Crippen LogP contribution in [0.25, 0.3) is 0 Å². The Morgan fingerprint density at radius 2 is 2.05 bits per heavy atom. The standard InChI is InChI=1S/C16H17FN2O2/c1-10(11-4-3-5-13(8-11)21-2)19-16(20)14-7-6-12(17)9-15(14)18/h3-10H,18H2,1-2H3,(H,19,20). The van der Waals surface area contributed by atoms with Gasteiger partial charge < -0.3 is 15.8 Å². The van der Waals surface area contributed by atoms with Crippen molar-refractivity contribution >= 4 is 11.6 Å². The molecule has 0 saturated carbocycles. The van der Waals surface area contributed by atoms with E-state index in [1.54, 1.807) is 7.11 Å². The van der Waals surface area contributed by atoms with Crippen molar-refractivity contribution in [2.24, 2.45) is 0 Å². The van der Waals surface area contributed by atoms with Crippen molar-refractivity contribution in [3.05, 3.63) is 59.4 Å². The van der Waals surface area contributed by atoms with Gasteiger partial charge in [0.15, 0.2) is 0 Å². The first-order valence-electron chi connectivity index (χ1n) is 6.51. The molecule has 0 spiro atoms. The molecule has 0 aliphatic carbocycles. The van der Waals surface area contributed by atoms with Crippen LogP contribution >= 0.6 is 0 Å². The first kappa shape index (κ1) is 14.8. The van der Waals surface area contributed by atoms with Crippen LogP contribution in [0, 0.1) is 5.82 Å². The van der Waals surface area contributed by atoms with Gasteiger partial charge >= 0.3 is 0 Å². The van der Waals surface area contributed by atoms with E-state index in [1.807, 2.05) is 31.2 Å². The second-order valence-electron chi connectivity index (χ2n) is 4.70. The van der Waals surface area contributed by atoms with Crippen LogP contribution in [0.15, 0.2) is 42.5 Å². The molecule has 0 aliphatic heterocycles. The molecular formula is C16H17FN2O2. The molecule has 2 aromatic carbocycles. The van der Waals surface area contributed by atoms with Crippen molar-refractivity contribution in [2.75, 3.05) is 12.8 Å². The van der Waals surface area contributed by atoms with Gasteiger partial charge in [-0.15, -0.1) is 0 Å². The Kier molecular flexibility index (Phi) is 4.42. The van der Waals surface area contributed by atoms with Crippen LogP contribution in [-0.4, -0.2) is 13.0 Å². The molecule has 0 aromatic heterocycles. The van der Waals surface area contributed by atoms with E-state index in [-0.39, 0.29) is 23.2 Å². The maximum absolute atomic E-state index is 13.0. The zero-order valence-electron chi connectivity index (χ0n) is 11.9. The Balaban J connectivity index is 2.14. The second-order valence-corrected chi connectivity index (χ2v) is 4.70. The number of halogens is 1. The predicted molar refractivity (Wildman–Crippen MR) is 79.7 cm³/mol. The monoisotopic (exact) mass is 288 g/mol. The summed E-state index contributed by atoms with van der Waals surface area (Å²) in [5, 5.41) is 2.83. The van der Waals surface area contributed by atoms with Gasteiger partial charge in [0.2, 0.25) is 0 Å². The normalized spacial score (nSPS) is 11.8. The van der Waals surface area contributed by atoms with Crippen molar-refractivity contribution in [2.45, 2.75) is 13.0 Å². The molecule has 21 heavy (non-hydrogen) atoms. The number of carbonyl (C=O) groups excluding carboxylic acids is 1. The summed E-state index contributed by atoms with van der Waals surface area (Å²) in [5.41, 5.74) is 6.94. The van der Waals surface area contributed by atoms with E-state index in [9.17, 15) is 9.18 Å². The number of hydrogen-bond acceptors (Lipinski definition) is 3. The fourth-order valence-electron chi connectivity index (χ4n) is 2.01. The Bertz CT molecular complexity index is 658. The highest BCUT2D eigenvalue weighted by molar-refractivity contribution is 5.99. The number of nitrogens with one attached hydrogen (secondary N) is 1. The molecule has 1 unspecified atom stereocenters. The number of benzene rings is 2. The number of methoxy groups -OCH3 is 1. The fourth-order valence-corrected chi connectivity index (χ4v) is 2.01. The summed E-state index contributed by atoms with van der Waals surface area (Å²) in [6.07, 6.45) is 0. The van der Waals surface area contributed by atoms with E-state index >= 15 is 0 Å². The predicted octanol–water partition coefficient (Wildman–Crippen LogP) is 2.91. The molecule has 0 radical (unpaired) electrons. The molecule has 2 aromatic rings. The van der Waals surface area contributed by atoms with Crippen molar-refractivity contribution in [1.29, 1.82) is 0 Å². The summed E-state index contributed by atoms with van der Waals surface area (Å²) in [6, 6.07) is 10.9. The lowest BCUT2D eigenvalue weighted by molar-refractivity contribution is 0.0940. The van der Waals surface area contributed by atoms with Gasteiger partial charge in [-0.25, -0.2) is 4.39 Å². The summed E-state index contributed by atoms with van der Waals surface area (Å²) in [6.45, 7) is 1.85. The second kappa shape index (κ2) is 6.26. The molecule has 3 N–H and O–H groups in total. The number of hydrogen-bond donors (Lipinski definition) is 2. The van der Waals surface area contributed by atoms with Crippen LogP contribution in [0.1, 0.15) is 28.9 Å². The highest BCUT2D eigenvalue weighted by Crippen LogP contribution is 2.20. The van der Waals surface area contributed by atoms with E-state index in [2.05, 4.69) is 5.32 Å². The third-order valence-corrected chi connectivity index (χ3v) is 3.20. The van der Waals surface area contributed by atoms with Crippen LogP contribution in [0.5, 0.6) is 5.75 Å². The minimum absolute atomic E-state index is 0.116. The van der Waals surface area contributed by atoms with Crippen LogP contribution in [0.4, 0.5) is 10.1 Å². The van der Waals surface area contributed by atoms with Crippen molar-refractivity contribution in [3.63, 3.8) is 0 Å². The van der Waals surface area contributed by atoms with Gasteiger partial charge in [0.05, 0.1) is 18.7 Å². The lowest BCUT2D eigenvalue weighted by Crippen LogP contribution is -2.27. The largest absolute Gasteiger partial charge is 0.497 e. The van der Waals surface area contributed by atoms with E-state index in [0.29, 0.717) is 0 Å². The van der Waals surface area contributed by atoms with Crippen molar-refractivity contribution < 1.29 is 13.9 Å². The van der Waals surface area contributed by atoms with Crippen LogP contribution in [-0.2, 0) is 0 Å². The number of ether oxygens (including phenoxy) is 1. The first-order valence-corrected chi connectivity index (χ1v) is 6.51. The summed E-state index contributed by atoms with van der Waals surface area (Å²) >= 11 is 0. The van der Waals surface area contributed by atoms with Crippen LogP contribution in [0.2, 0.25) is 0 Å². The van der Waals surface area contributed by atoms with E-state index < -0.39 is 5.82 Å². The number of rotatable bonds is 4. The summed E-state index contributed by atoms with van der Waals surface area (Å²) in [4.78, 5) is 12.2. The van der Waals surface area contributed by atoms with Crippen molar-refractivity contribution in [1.82, 2.24) is 5.32 Å². The molecule has 110 valence electrons. The molecular weight excluding hydrogens is 271 g/mol. The fraction of sp³-hybridized carbons (Fsp3) is 0.188. The number of anilines is 1. The maximum Gasteiger partial charge on any atom is 0.253 e. The zero-order valence-corrected chi connectivity index (χ0v) is 11.9. The minimum Gasteiger partial charge on any atom is -0.497 e. The van der Waals surface area contributed by atoms with Gasteiger partial charge in [-0.2, -0.15) is 0 Å². The average Bonchev–Trinajstić information content (AvgIpc) is 2.47. The molecule has 1 amide bonds. The Morgan fingerprint density at radius 1 is 1.29 bits per heavy atom. The molecule has 0 bridgehead atoms. The highest BCUT2D eigenvalue weighted by Gasteiger charge is 2.14. The molecule has 0 saturated heterocycles. The molecule has 4 nitrogen and oxygen atoms in total. The lowest BCUT2D eigenvalue weighted by atomic mass is 10.1. The molecule has 5 heteroatoms. The molecule has 0 heterocycles. The van der Waals surface area contributed by atoms with E-state index in [4.69, 9.17) is 10.5 Å².